The SMILES string of the molecule is CN(C)C(=O)c1cc(CCCC(=O)Oc2ccc(C(=O)OCc3ccccn3)cc2)ccc1NC(=O)c1ccccc1-c1ccc(C(F)(F)F)cc1. The number of halogens is 3. The molecule has 2 amide bonds. The van der Waals surface area contributed by atoms with E-state index in [1.807, 2.05) is 0 Å². The van der Waals surface area contributed by atoms with Crippen molar-refractivity contribution in [3.05, 3.63) is 149 Å². The fraction of sp³-hybridized carbons (Fsp3) is 0.175. The average molecular weight is 710 g/mol. The molecule has 0 radical (unpaired) electrons. The standard InChI is InChI=1S/C40H34F3N3O6/c1-46(2)38(49)34-24-26(8-7-12-36(47)52-31-20-16-28(17-21-31)39(50)51-25-30-9-5-6-23-44-30)13-22-35(34)45-37(48)33-11-4-3-10-32(33)27-14-18-29(19-15-27)40(41,42)43/h3-6,9-11,13-24H,7-8,12,25H2,1-2H3,(H,45,48). The van der Waals surface area contributed by atoms with Crippen molar-refractivity contribution in [2.24, 2.45) is 0 Å². The van der Waals surface area contributed by atoms with Gasteiger partial charge in [-0.2, -0.15) is 13.2 Å². The van der Waals surface area contributed by atoms with E-state index in [2.05, 4.69) is 10.3 Å². The van der Waals surface area contributed by atoms with E-state index in [1.165, 1.54) is 41.3 Å². The molecule has 0 spiro atoms. The molecule has 1 aromatic heterocycles. The van der Waals surface area contributed by atoms with Crippen LogP contribution in [-0.2, 0) is 28.7 Å². The normalized spacial score (nSPS) is 11.0. The van der Waals surface area contributed by atoms with Crippen molar-refractivity contribution in [2.45, 2.75) is 32.0 Å². The lowest BCUT2D eigenvalue weighted by Gasteiger charge is -2.17. The first-order valence-electron chi connectivity index (χ1n) is 16.2. The minimum Gasteiger partial charge on any atom is -0.456 e. The molecule has 0 saturated carbocycles. The first-order chi connectivity index (χ1) is 24.9. The van der Waals surface area contributed by atoms with Gasteiger partial charge in [-0.3, -0.25) is 19.4 Å². The predicted molar refractivity (Wildman–Crippen MR) is 188 cm³/mol. The molecule has 5 rings (SSSR count). The lowest BCUT2D eigenvalue weighted by Crippen LogP contribution is -2.24. The molecule has 5 aromatic rings. The van der Waals surface area contributed by atoms with E-state index < -0.39 is 29.6 Å². The maximum Gasteiger partial charge on any atom is 0.416 e. The van der Waals surface area contributed by atoms with E-state index in [-0.39, 0.29) is 41.5 Å². The number of carbonyl (C=O) groups is 4. The van der Waals surface area contributed by atoms with Crippen molar-refractivity contribution in [2.75, 3.05) is 19.4 Å². The molecular weight excluding hydrogens is 675 g/mol. The average Bonchev–Trinajstić information content (AvgIpc) is 3.14. The van der Waals surface area contributed by atoms with Gasteiger partial charge in [-0.1, -0.05) is 42.5 Å². The van der Waals surface area contributed by atoms with Crippen molar-refractivity contribution in [1.82, 2.24) is 9.88 Å². The van der Waals surface area contributed by atoms with Crippen LogP contribution in [0.25, 0.3) is 11.1 Å². The molecule has 4 aromatic carbocycles. The van der Waals surface area contributed by atoms with Crippen LogP contribution in [0.2, 0.25) is 0 Å². The highest BCUT2D eigenvalue weighted by atomic mass is 19.4. The maximum atomic E-state index is 13.5. The van der Waals surface area contributed by atoms with Gasteiger partial charge in [0.15, 0.2) is 0 Å². The summed E-state index contributed by atoms with van der Waals surface area (Å²) >= 11 is 0. The number of ether oxygens (including phenoxy) is 2. The maximum absolute atomic E-state index is 13.5. The first-order valence-corrected chi connectivity index (χ1v) is 16.2. The second-order valence-corrected chi connectivity index (χ2v) is 11.9. The largest absolute Gasteiger partial charge is 0.456 e. The number of anilines is 1. The highest BCUT2D eigenvalue weighted by molar-refractivity contribution is 6.11. The third-order valence-corrected chi connectivity index (χ3v) is 7.91. The Hall–Kier alpha value is -6.30. The van der Waals surface area contributed by atoms with Gasteiger partial charge in [-0.15, -0.1) is 0 Å². The molecule has 0 bridgehead atoms. The third-order valence-electron chi connectivity index (χ3n) is 7.91. The fourth-order valence-corrected chi connectivity index (χ4v) is 5.22. The van der Waals surface area contributed by atoms with Gasteiger partial charge >= 0.3 is 18.1 Å². The Morgan fingerprint density at radius 3 is 2.19 bits per heavy atom. The van der Waals surface area contributed by atoms with Gasteiger partial charge in [0.1, 0.15) is 12.4 Å². The van der Waals surface area contributed by atoms with Gasteiger partial charge in [-0.25, -0.2) is 4.79 Å². The van der Waals surface area contributed by atoms with E-state index in [0.29, 0.717) is 35.2 Å². The molecule has 12 heteroatoms. The van der Waals surface area contributed by atoms with Gasteiger partial charge < -0.3 is 19.7 Å². The van der Waals surface area contributed by atoms with Crippen molar-refractivity contribution in [1.29, 1.82) is 0 Å². The van der Waals surface area contributed by atoms with Gasteiger partial charge in [0.05, 0.1) is 28.1 Å². The number of amides is 2. The Balaban J connectivity index is 1.19. The Labute approximate surface area is 298 Å². The summed E-state index contributed by atoms with van der Waals surface area (Å²) in [6, 6.07) is 27.3. The smallest absolute Gasteiger partial charge is 0.416 e. The Morgan fingerprint density at radius 2 is 1.52 bits per heavy atom. The summed E-state index contributed by atoms with van der Waals surface area (Å²) in [6.07, 6.45) is -1.98. The van der Waals surface area contributed by atoms with Crippen LogP contribution in [0.3, 0.4) is 0 Å². The molecule has 266 valence electrons. The second kappa shape index (κ2) is 16.6. The molecule has 0 aliphatic heterocycles. The van der Waals surface area contributed by atoms with Crippen molar-refractivity contribution in [3.8, 4) is 16.9 Å². The predicted octanol–water partition coefficient (Wildman–Crippen LogP) is 8.01. The number of pyridine rings is 1. The second-order valence-electron chi connectivity index (χ2n) is 11.9. The number of alkyl halides is 3. The third kappa shape index (κ3) is 9.69. The summed E-state index contributed by atoms with van der Waals surface area (Å²) in [6.45, 7) is 0.0295. The van der Waals surface area contributed by atoms with E-state index in [9.17, 15) is 32.3 Å². The topological polar surface area (TPSA) is 115 Å². The number of aryl methyl sites for hydroxylation is 1. The van der Waals surface area contributed by atoms with Crippen LogP contribution >= 0.6 is 0 Å². The molecule has 9 nitrogen and oxygen atoms in total. The highest BCUT2D eigenvalue weighted by Gasteiger charge is 2.30. The highest BCUT2D eigenvalue weighted by Crippen LogP contribution is 2.32. The van der Waals surface area contributed by atoms with Crippen molar-refractivity contribution < 1.29 is 41.8 Å². The molecule has 0 unspecified atom stereocenters. The summed E-state index contributed by atoms with van der Waals surface area (Å²) in [4.78, 5) is 57.1. The van der Waals surface area contributed by atoms with E-state index in [4.69, 9.17) is 9.47 Å². The van der Waals surface area contributed by atoms with E-state index >= 15 is 0 Å². The summed E-state index contributed by atoms with van der Waals surface area (Å²) in [5.74, 6) is -1.66. The first kappa shape index (κ1) is 37.0. The Kier molecular flexibility index (Phi) is 11.8. The van der Waals surface area contributed by atoms with Gasteiger partial charge in [0.25, 0.3) is 11.8 Å². The van der Waals surface area contributed by atoms with E-state index in [0.717, 1.165) is 17.7 Å². The molecule has 0 atom stereocenters. The number of aromatic nitrogens is 1. The zero-order chi connectivity index (χ0) is 37.3. The lowest BCUT2D eigenvalue weighted by atomic mass is 9.97. The van der Waals surface area contributed by atoms with Crippen molar-refractivity contribution in [3.63, 3.8) is 0 Å². The van der Waals surface area contributed by atoms with Crippen LogP contribution in [0.15, 0.2) is 115 Å². The monoisotopic (exact) mass is 709 g/mol. The molecule has 0 aliphatic rings. The number of nitrogens with one attached hydrogen (secondary N) is 1. The summed E-state index contributed by atoms with van der Waals surface area (Å²) in [5.41, 5.74) is 2.38. The summed E-state index contributed by atoms with van der Waals surface area (Å²) < 4.78 is 50.0. The van der Waals surface area contributed by atoms with E-state index in [1.54, 1.807) is 81.0 Å². The zero-order valence-electron chi connectivity index (χ0n) is 28.3. The van der Waals surface area contributed by atoms with Gasteiger partial charge in [0, 0.05) is 32.3 Å². The Morgan fingerprint density at radius 1 is 0.808 bits per heavy atom. The van der Waals surface area contributed by atoms with Crippen LogP contribution in [0, 0.1) is 0 Å². The molecule has 52 heavy (non-hydrogen) atoms. The van der Waals surface area contributed by atoms with Crippen LogP contribution in [0.5, 0.6) is 5.75 Å². The fourth-order valence-electron chi connectivity index (χ4n) is 5.22. The molecule has 0 saturated heterocycles. The molecule has 0 aliphatic carbocycles. The van der Waals surface area contributed by atoms with Crippen LogP contribution in [0.1, 0.15) is 60.7 Å². The summed E-state index contributed by atoms with van der Waals surface area (Å²) in [7, 11) is 3.16. The number of hydrogen-bond donors (Lipinski definition) is 1. The number of hydrogen-bond acceptors (Lipinski definition) is 7. The lowest BCUT2D eigenvalue weighted by molar-refractivity contribution is -0.137. The molecule has 0 fully saturated rings. The number of benzene rings is 4. The van der Waals surface area contributed by atoms with Crippen LogP contribution in [0.4, 0.5) is 18.9 Å². The molecule has 1 N–H and O–H groups in total. The summed E-state index contributed by atoms with van der Waals surface area (Å²) in [5, 5.41) is 2.79. The molecular formula is C40H34F3N3O6. The number of rotatable bonds is 12. The zero-order valence-corrected chi connectivity index (χ0v) is 28.3. The molecule has 1 heterocycles. The minimum atomic E-state index is -4.49. The van der Waals surface area contributed by atoms with Crippen LogP contribution in [-0.4, -0.2) is 47.7 Å². The number of esters is 2. The Bertz CT molecular complexity index is 2050. The van der Waals surface area contributed by atoms with Crippen LogP contribution < -0.4 is 10.1 Å². The quantitative estimate of drug-likeness (QED) is 0.103. The minimum absolute atomic E-state index is 0.0295. The van der Waals surface area contributed by atoms with Crippen molar-refractivity contribution >= 4 is 29.4 Å². The number of nitrogens with zero attached hydrogens (tertiary/aromatic N) is 2. The number of carbonyl (C=O) groups excluding carboxylic acids is 4. The van der Waals surface area contributed by atoms with Gasteiger partial charge in [-0.05, 0) is 96.3 Å². The van der Waals surface area contributed by atoms with Gasteiger partial charge in [0.2, 0.25) is 0 Å².